The predicted octanol–water partition coefficient (Wildman–Crippen LogP) is 2.41. The predicted molar refractivity (Wildman–Crippen MR) is 73.1 cm³/mol. The van der Waals surface area contributed by atoms with Crippen molar-refractivity contribution in [2.45, 2.75) is 32.0 Å². The van der Waals surface area contributed by atoms with E-state index in [0.29, 0.717) is 12.1 Å². The molecule has 0 saturated heterocycles. The standard InChI is InChI=1S/C14H21NO4/c1-14(2,17)9-12(18-3)10-19-13(16)15-11-7-5-4-6-8-11/h4-8,12,17H,9-10H2,1-3H3,(H,15,16)/t12-/m0/s1. The minimum Gasteiger partial charge on any atom is -0.447 e. The van der Waals surface area contributed by atoms with Gasteiger partial charge < -0.3 is 14.6 Å². The van der Waals surface area contributed by atoms with Crippen molar-refractivity contribution >= 4 is 11.8 Å². The monoisotopic (exact) mass is 267 g/mol. The molecular formula is C14H21NO4. The normalized spacial score (nSPS) is 12.8. The average molecular weight is 267 g/mol. The second-order valence-electron chi connectivity index (χ2n) is 4.96. The Morgan fingerprint density at radius 1 is 1.37 bits per heavy atom. The van der Waals surface area contributed by atoms with Gasteiger partial charge in [-0.2, -0.15) is 0 Å². The number of nitrogens with one attached hydrogen (secondary N) is 1. The molecule has 106 valence electrons. The number of carbonyl (C=O) groups excluding carboxylic acids is 1. The average Bonchev–Trinajstić information content (AvgIpc) is 2.34. The van der Waals surface area contributed by atoms with Gasteiger partial charge in [-0.05, 0) is 26.0 Å². The number of aliphatic hydroxyl groups is 1. The molecule has 0 heterocycles. The van der Waals surface area contributed by atoms with Crippen molar-refractivity contribution in [3.8, 4) is 0 Å². The highest BCUT2D eigenvalue weighted by Gasteiger charge is 2.21. The van der Waals surface area contributed by atoms with Gasteiger partial charge in [0, 0.05) is 19.2 Å². The highest BCUT2D eigenvalue weighted by atomic mass is 16.6. The summed E-state index contributed by atoms with van der Waals surface area (Å²) in [6.07, 6.45) is -0.479. The first kappa shape index (κ1) is 15.5. The Labute approximate surface area is 113 Å². The molecule has 0 aliphatic rings. The Kier molecular flexibility index (Phi) is 5.79. The summed E-state index contributed by atoms with van der Waals surface area (Å²) in [6.45, 7) is 3.46. The van der Waals surface area contributed by atoms with Gasteiger partial charge in [-0.1, -0.05) is 18.2 Å². The maximum Gasteiger partial charge on any atom is 0.411 e. The summed E-state index contributed by atoms with van der Waals surface area (Å²) in [5.74, 6) is 0. The highest BCUT2D eigenvalue weighted by Crippen LogP contribution is 2.13. The van der Waals surface area contributed by atoms with E-state index in [0.717, 1.165) is 0 Å². The number of anilines is 1. The van der Waals surface area contributed by atoms with Crippen molar-refractivity contribution in [2.75, 3.05) is 19.0 Å². The fraction of sp³-hybridized carbons (Fsp3) is 0.500. The first-order valence-electron chi connectivity index (χ1n) is 6.15. The van der Waals surface area contributed by atoms with Crippen LogP contribution >= 0.6 is 0 Å². The number of ether oxygens (including phenoxy) is 2. The highest BCUT2D eigenvalue weighted by molar-refractivity contribution is 5.84. The molecule has 1 aromatic carbocycles. The third kappa shape index (κ3) is 6.79. The Morgan fingerprint density at radius 3 is 2.53 bits per heavy atom. The molecule has 0 bridgehead atoms. The van der Waals surface area contributed by atoms with Crippen LogP contribution in [0.25, 0.3) is 0 Å². The van der Waals surface area contributed by atoms with Gasteiger partial charge in [0.25, 0.3) is 0 Å². The van der Waals surface area contributed by atoms with E-state index < -0.39 is 11.7 Å². The zero-order valence-electron chi connectivity index (χ0n) is 11.6. The maximum atomic E-state index is 11.5. The van der Waals surface area contributed by atoms with Crippen molar-refractivity contribution in [3.05, 3.63) is 30.3 Å². The van der Waals surface area contributed by atoms with Gasteiger partial charge in [0.2, 0.25) is 0 Å². The van der Waals surface area contributed by atoms with Crippen LogP contribution in [0.2, 0.25) is 0 Å². The van der Waals surface area contributed by atoms with Crippen molar-refractivity contribution in [1.82, 2.24) is 0 Å². The number of benzene rings is 1. The molecule has 0 aromatic heterocycles. The van der Waals surface area contributed by atoms with Crippen LogP contribution in [0.5, 0.6) is 0 Å². The molecule has 0 spiro atoms. The lowest BCUT2D eigenvalue weighted by Crippen LogP contribution is -2.32. The molecular weight excluding hydrogens is 246 g/mol. The van der Waals surface area contributed by atoms with Crippen molar-refractivity contribution in [1.29, 1.82) is 0 Å². The number of amides is 1. The van der Waals surface area contributed by atoms with Crippen LogP contribution in [0.1, 0.15) is 20.3 Å². The van der Waals surface area contributed by atoms with Gasteiger partial charge in [-0.15, -0.1) is 0 Å². The Morgan fingerprint density at radius 2 is 2.00 bits per heavy atom. The van der Waals surface area contributed by atoms with Gasteiger partial charge >= 0.3 is 6.09 Å². The van der Waals surface area contributed by atoms with Crippen LogP contribution in [0, 0.1) is 0 Å². The van der Waals surface area contributed by atoms with Gasteiger partial charge in [-0.3, -0.25) is 5.32 Å². The van der Waals surface area contributed by atoms with Crippen molar-refractivity contribution in [3.63, 3.8) is 0 Å². The lowest BCUT2D eigenvalue weighted by Gasteiger charge is -2.23. The van der Waals surface area contributed by atoms with Crippen LogP contribution in [0.15, 0.2) is 30.3 Å². The quantitative estimate of drug-likeness (QED) is 0.830. The molecule has 0 aliphatic heterocycles. The Balaban J connectivity index is 2.36. The molecule has 0 radical (unpaired) electrons. The number of para-hydroxylation sites is 1. The van der Waals surface area contributed by atoms with Gasteiger partial charge in [-0.25, -0.2) is 4.79 Å². The minimum absolute atomic E-state index is 0.0964. The molecule has 0 aliphatic carbocycles. The zero-order valence-corrected chi connectivity index (χ0v) is 11.6. The van der Waals surface area contributed by atoms with Crippen LogP contribution in [0.3, 0.4) is 0 Å². The molecule has 1 aromatic rings. The first-order chi connectivity index (χ1) is 8.90. The van der Waals surface area contributed by atoms with Crippen LogP contribution < -0.4 is 5.32 Å². The molecule has 0 saturated carbocycles. The molecule has 1 rings (SSSR count). The molecule has 5 heteroatoms. The number of hydrogen-bond donors (Lipinski definition) is 2. The Bertz CT molecular complexity index is 386. The second-order valence-corrected chi connectivity index (χ2v) is 4.96. The topological polar surface area (TPSA) is 67.8 Å². The van der Waals surface area contributed by atoms with Gasteiger partial charge in [0.05, 0.1) is 11.7 Å². The van der Waals surface area contributed by atoms with Crippen LogP contribution in [-0.4, -0.2) is 36.6 Å². The molecule has 19 heavy (non-hydrogen) atoms. The summed E-state index contributed by atoms with van der Waals surface area (Å²) in [7, 11) is 1.52. The van der Waals surface area contributed by atoms with E-state index >= 15 is 0 Å². The fourth-order valence-corrected chi connectivity index (χ4v) is 1.61. The number of rotatable bonds is 6. The molecule has 1 amide bonds. The fourth-order valence-electron chi connectivity index (χ4n) is 1.61. The summed E-state index contributed by atoms with van der Waals surface area (Å²) >= 11 is 0. The van der Waals surface area contributed by atoms with E-state index in [1.807, 2.05) is 18.2 Å². The molecule has 0 fully saturated rings. The Hall–Kier alpha value is -1.59. The zero-order chi connectivity index (χ0) is 14.3. The van der Waals surface area contributed by atoms with Gasteiger partial charge in [0.15, 0.2) is 0 Å². The van der Waals surface area contributed by atoms with Crippen LogP contribution in [-0.2, 0) is 9.47 Å². The first-order valence-corrected chi connectivity index (χ1v) is 6.15. The molecule has 1 atom stereocenters. The largest absolute Gasteiger partial charge is 0.447 e. The summed E-state index contributed by atoms with van der Waals surface area (Å²) < 4.78 is 10.2. The number of methoxy groups -OCH3 is 1. The van der Waals surface area contributed by atoms with E-state index in [1.165, 1.54) is 7.11 Å². The van der Waals surface area contributed by atoms with Crippen molar-refractivity contribution in [2.24, 2.45) is 0 Å². The summed E-state index contributed by atoms with van der Waals surface area (Å²) in [6, 6.07) is 9.04. The van der Waals surface area contributed by atoms with E-state index in [-0.39, 0.29) is 12.7 Å². The summed E-state index contributed by atoms with van der Waals surface area (Å²) in [4.78, 5) is 11.5. The lowest BCUT2D eigenvalue weighted by atomic mass is 10.0. The SMILES string of the molecule is CO[C@H](COC(=O)Nc1ccccc1)CC(C)(C)O. The third-order valence-corrected chi connectivity index (χ3v) is 2.48. The molecule has 0 unspecified atom stereocenters. The number of hydrogen-bond acceptors (Lipinski definition) is 4. The molecule has 2 N–H and O–H groups in total. The summed E-state index contributed by atoms with van der Waals surface area (Å²) in [5, 5.41) is 12.3. The lowest BCUT2D eigenvalue weighted by molar-refractivity contribution is -0.0258. The molecule has 5 nitrogen and oxygen atoms in total. The van der Waals surface area contributed by atoms with Gasteiger partial charge in [0.1, 0.15) is 6.61 Å². The summed E-state index contributed by atoms with van der Waals surface area (Å²) in [5.41, 5.74) is -0.191. The third-order valence-electron chi connectivity index (χ3n) is 2.48. The van der Waals surface area contributed by atoms with E-state index in [1.54, 1.807) is 26.0 Å². The van der Waals surface area contributed by atoms with Crippen molar-refractivity contribution < 1.29 is 19.4 Å². The minimum atomic E-state index is -0.861. The van der Waals surface area contributed by atoms with E-state index in [4.69, 9.17) is 9.47 Å². The second kappa shape index (κ2) is 7.11. The van der Waals surface area contributed by atoms with E-state index in [9.17, 15) is 9.90 Å². The number of carbonyl (C=O) groups is 1. The van der Waals surface area contributed by atoms with E-state index in [2.05, 4.69) is 5.32 Å². The maximum absolute atomic E-state index is 11.5. The smallest absolute Gasteiger partial charge is 0.411 e. The van der Waals surface area contributed by atoms with Crippen LogP contribution in [0.4, 0.5) is 10.5 Å².